The minimum atomic E-state index is -0.105. The minimum Gasteiger partial charge on any atom is -0.289 e. The molecule has 0 atom stereocenters. The normalized spacial score (nSPS) is 15.6. The predicted octanol–water partition coefficient (Wildman–Crippen LogP) is 4.74. The molecule has 0 fully saturated rings. The van der Waals surface area contributed by atoms with E-state index < -0.39 is 0 Å². The van der Waals surface area contributed by atoms with Gasteiger partial charge in [0.15, 0.2) is 5.78 Å². The number of ketones is 1. The zero-order valence-electron chi connectivity index (χ0n) is 13.7. The van der Waals surface area contributed by atoms with Crippen LogP contribution in [0, 0.1) is 24.8 Å². The Morgan fingerprint density at radius 2 is 1.64 bits per heavy atom. The van der Waals surface area contributed by atoms with Gasteiger partial charge in [0, 0.05) is 11.1 Å². The van der Waals surface area contributed by atoms with Gasteiger partial charge in [0.25, 0.3) is 5.70 Å². The van der Waals surface area contributed by atoms with E-state index in [9.17, 15) is 10.1 Å². The second kappa shape index (κ2) is 6.83. The van der Waals surface area contributed by atoms with Crippen molar-refractivity contribution >= 4 is 16.9 Å². The topological polar surface area (TPSA) is 45.2 Å². The van der Waals surface area contributed by atoms with E-state index in [4.69, 9.17) is 6.57 Å². The molecule has 2 aromatic rings. The molecule has 0 radical (unpaired) electrons. The molecule has 2 aromatic carbocycles. The first-order valence-electron chi connectivity index (χ1n) is 7.77. The number of allylic oxidation sites excluding steroid dienone is 6. The molecule has 0 aromatic heterocycles. The number of Topliss-reactive ketones (excluding diaryl/α,β-unsaturated/α-hetero) is 1. The molecule has 0 N–H and O–H groups in total. The molecule has 3 nitrogen and oxygen atoms in total. The van der Waals surface area contributed by atoms with Gasteiger partial charge in [0.05, 0.1) is 12.6 Å². The van der Waals surface area contributed by atoms with Crippen LogP contribution in [0.3, 0.4) is 0 Å². The average molecular weight is 322 g/mol. The molecule has 0 heterocycles. The Bertz CT molecular complexity index is 1010. The Morgan fingerprint density at radius 1 is 1.00 bits per heavy atom. The first-order valence-corrected chi connectivity index (χ1v) is 7.77. The van der Waals surface area contributed by atoms with E-state index in [1.54, 1.807) is 12.2 Å². The van der Waals surface area contributed by atoms with Gasteiger partial charge in [-0.25, -0.2) is 10.1 Å². The highest BCUT2D eigenvalue weighted by molar-refractivity contribution is 6.44. The Kier molecular flexibility index (Phi) is 4.42. The quantitative estimate of drug-likeness (QED) is 0.592. The van der Waals surface area contributed by atoms with Gasteiger partial charge >= 0.3 is 0 Å². The van der Waals surface area contributed by atoms with Crippen LogP contribution in [0.5, 0.6) is 0 Å². The second-order valence-electron chi connectivity index (χ2n) is 5.65. The lowest BCUT2D eigenvalue weighted by molar-refractivity contribution is -0.108. The number of benzene rings is 2. The number of aryl methyl sites for hydroxylation is 1. The smallest absolute Gasteiger partial charge is 0.269 e. The van der Waals surface area contributed by atoms with E-state index in [-0.39, 0.29) is 11.5 Å². The summed E-state index contributed by atoms with van der Waals surface area (Å²) in [5, 5.41) is 9.25. The van der Waals surface area contributed by atoms with Gasteiger partial charge in [-0.2, -0.15) is 0 Å². The predicted molar refractivity (Wildman–Crippen MR) is 97.8 cm³/mol. The van der Waals surface area contributed by atoms with Gasteiger partial charge in [-0.15, -0.1) is 0 Å². The molecular formula is C22H14N2O. The fourth-order valence-electron chi connectivity index (χ4n) is 2.83. The lowest BCUT2D eigenvalue weighted by Gasteiger charge is -2.18. The highest BCUT2D eigenvalue weighted by atomic mass is 16.1. The van der Waals surface area contributed by atoms with E-state index in [1.165, 1.54) is 0 Å². The zero-order valence-corrected chi connectivity index (χ0v) is 13.7. The molecule has 0 aliphatic heterocycles. The number of hydrogen-bond acceptors (Lipinski definition) is 2. The fourth-order valence-corrected chi connectivity index (χ4v) is 2.83. The van der Waals surface area contributed by atoms with E-state index >= 15 is 0 Å². The number of nitriles is 1. The first kappa shape index (κ1) is 16.2. The van der Waals surface area contributed by atoms with Crippen LogP contribution in [0.1, 0.15) is 16.7 Å². The summed E-state index contributed by atoms with van der Waals surface area (Å²) in [6.45, 7) is 9.17. The van der Waals surface area contributed by atoms with Crippen molar-refractivity contribution in [1.82, 2.24) is 0 Å². The van der Waals surface area contributed by atoms with Crippen LogP contribution in [0.4, 0.5) is 0 Å². The zero-order chi connectivity index (χ0) is 17.8. The van der Waals surface area contributed by atoms with E-state index in [2.05, 4.69) is 4.85 Å². The maximum Gasteiger partial charge on any atom is 0.269 e. The fraction of sp³-hybridized carbons (Fsp3) is 0.0455. The Balaban J connectivity index is 2.26. The van der Waals surface area contributed by atoms with Crippen LogP contribution in [-0.4, -0.2) is 5.78 Å². The average Bonchev–Trinajstić information content (AvgIpc) is 2.65. The molecule has 0 spiro atoms. The number of carbonyl (C=O) groups excluding carboxylic acids is 1. The maximum atomic E-state index is 13.1. The summed E-state index contributed by atoms with van der Waals surface area (Å²) in [6.07, 6.45) is 3.28. The van der Waals surface area contributed by atoms with Crippen LogP contribution in [0.2, 0.25) is 0 Å². The van der Waals surface area contributed by atoms with Crippen LogP contribution in [0.15, 0.2) is 78.0 Å². The van der Waals surface area contributed by atoms with Crippen molar-refractivity contribution in [3.05, 3.63) is 106 Å². The Hall–Kier alpha value is -3.69. The highest BCUT2D eigenvalue weighted by Gasteiger charge is 2.24. The minimum absolute atomic E-state index is 0.0213. The third-order valence-electron chi connectivity index (χ3n) is 4.10. The summed E-state index contributed by atoms with van der Waals surface area (Å²) in [6, 6.07) is 18.8. The molecule has 0 amide bonds. The third kappa shape index (κ3) is 3.04. The van der Waals surface area contributed by atoms with Crippen molar-refractivity contribution in [3.63, 3.8) is 0 Å². The molecule has 0 unspecified atom stereocenters. The molecule has 118 valence electrons. The van der Waals surface area contributed by atoms with E-state index in [1.807, 2.05) is 67.6 Å². The number of nitrogens with zero attached hydrogens (tertiary/aromatic N) is 2. The van der Waals surface area contributed by atoms with Crippen molar-refractivity contribution in [3.8, 4) is 6.07 Å². The Labute approximate surface area is 146 Å². The van der Waals surface area contributed by atoms with Gasteiger partial charge in [0.1, 0.15) is 0 Å². The van der Waals surface area contributed by atoms with Gasteiger partial charge in [-0.3, -0.25) is 4.79 Å². The lowest BCUT2D eigenvalue weighted by Crippen LogP contribution is -2.11. The third-order valence-corrected chi connectivity index (χ3v) is 4.10. The molecule has 0 saturated heterocycles. The summed E-state index contributed by atoms with van der Waals surface area (Å²) in [4.78, 5) is 16.4. The molecule has 3 rings (SSSR count). The van der Waals surface area contributed by atoms with Crippen LogP contribution in [-0.2, 0) is 4.79 Å². The van der Waals surface area contributed by atoms with Crippen molar-refractivity contribution < 1.29 is 4.79 Å². The standard InChI is InChI=1S/C22H14N2O/c1-15-8-6-7-11-18(15)20-13-17(21(14-23)24-2)12-19(22(20)25)16-9-4-3-5-10-16/h3-13H,1H3/b21-17+. The number of carbonyl (C=O) groups is 1. The molecule has 1 aliphatic rings. The SMILES string of the molecule is [C-]#[N+]/C(C#N)=C1\C=C(c2ccccc2)C(=O)C(c2ccccc2C)=C1. The molecular weight excluding hydrogens is 308 g/mol. The summed E-state index contributed by atoms with van der Waals surface area (Å²) in [5.41, 5.74) is 4.00. The summed E-state index contributed by atoms with van der Waals surface area (Å²) >= 11 is 0. The van der Waals surface area contributed by atoms with Crippen molar-refractivity contribution in [2.45, 2.75) is 6.92 Å². The van der Waals surface area contributed by atoms with Crippen LogP contribution in [0.25, 0.3) is 16.0 Å². The van der Waals surface area contributed by atoms with E-state index in [0.29, 0.717) is 16.7 Å². The maximum absolute atomic E-state index is 13.1. The second-order valence-corrected chi connectivity index (χ2v) is 5.65. The van der Waals surface area contributed by atoms with Gasteiger partial charge < -0.3 is 0 Å². The number of rotatable bonds is 2. The summed E-state index contributed by atoms with van der Waals surface area (Å²) in [5.74, 6) is -0.105. The van der Waals surface area contributed by atoms with Gasteiger partial charge in [0.2, 0.25) is 0 Å². The molecule has 25 heavy (non-hydrogen) atoms. The lowest BCUT2D eigenvalue weighted by atomic mass is 9.84. The largest absolute Gasteiger partial charge is 0.289 e. The van der Waals surface area contributed by atoms with Crippen molar-refractivity contribution in [2.24, 2.45) is 0 Å². The molecule has 0 bridgehead atoms. The van der Waals surface area contributed by atoms with Crippen molar-refractivity contribution in [2.75, 3.05) is 0 Å². The molecule has 0 saturated carbocycles. The first-order chi connectivity index (χ1) is 12.2. The monoisotopic (exact) mass is 322 g/mol. The Morgan fingerprint density at radius 3 is 2.28 bits per heavy atom. The van der Waals surface area contributed by atoms with Crippen molar-refractivity contribution in [1.29, 1.82) is 5.26 Å². The van der Waals surface area contributed by atoms with E-state index in [0.717, 1.165) is 16.7 Å². The van der Waals surface area contributed by atoms with Crippen LogP contribution < -0.4 is 0 Å². The molecule has 1 aliphatic carbocycles. The van der Waals surface area contributed by atoms with Crippen LogP contribution >= 0.6 is 0 Å². The summed E-state index contributed by atoms with van der Waals surface area (Å²) < 4.78 is 0. The van der Waals surface area contributed by atoms with Gasteiger partial charge in [-0.1, -0.05) is 66.7 Å². The molecule has 3 heteroatoms. The van der Waals surface area contributed by atoms with Gasteiger partial charge in [-0.05, 0) is 29.2 Å². The summed E-state index contributed by atoms with van der Waals surface area (Å²) in [7, 11) is 0. The highest BCUT2D eigenvalue weighted by Crippen LogP contribution is 2.34. The number of hydrogen-bond donors (Lipinski definition) is 0.